The molecule has 2 amide bonds. The summed E-state index contributed by atoms with van der Waals surface area (Å²) in [6.45, 7) is 7.82. The Labute approximate surface area is 325 Å². The molecule has 3 aromatic rings. The predicted molar refractivity (Wildman–Crippen MR) is 221 cm³/mol. The Kier molecular flexibility index (Phi) is 19.4. The van der Waals surface area contributed by atoms with Crippen molar-refractivity contribution in [2.24, 2.45) is 0 Å². The molecule has 0 spiro atoms. The first kappa shape index (κ1) is 42.8. The van der Waals surface area contributed by atoms with Crippen LogP contribution in [0, 0.1) is 0 Å². The number of likely N-dealkylation sites (tertiary alicyclic amines) is 1. The van der Waals surface area contributed by atoms with Crippen molar-refractivity contribution in [2.45, 2.75) is 161 Å². The number of aromatic nitrogens is 4. The molecule has 4 rings (SSSR count). The summed E-state index contributed by atoms with van der Waals surface area (Å²) in [6, 6.07) is 6.30. The van der Waals surface area contributed by atoms with Gasteiger partial charge in [-0.1, -0.05) is 122 Å². The molecule has 4 N–H and O–H groups in total. The molecule has 300 valence electrons. The lowest BCUT2D eigenvalue weighted by Crippen LogP contribution is -2.48. The molecule has 1 aromatic carbocycles. The molecule has 0 unspecified atom stereocenters. The molecule has 11 nitrogen and oxygen atoms in total. The molecule has 2 aromatic heterocycles. The molecule has 0 bridgehead atoms. The highest BCUT2D eigenvalue weighted by atomic mass is 16.5. The number of hydrogen-bond acceptors (Lipinski definition) is 8. The monoisotopic (exact) mass is 747 g/mol. The van der Waals surface area contributed by atoms with Crippen LogP contribution in [-0.4, -0.2) is 69.8 Å². The fourth-order valence-corrected chi connectivity index (χ4v) is 7.31. The zero-order valence-corrected chi connectivity index (χ0v) is 33.8. The Morgan fingerprint density at radius 2 is 1.43 bits per heavy atom. The normalized spacial score (nSPS) is 13.0. The molecule has 0 atom stereocenters. The van der Waals surface area contributed by atoms with E-state index in [0.29, 0.717) is 42.8 Å². The van der Waals surface area contributed by atoms with Gasteiger partial charge in [-0.05, 0) is 37.3 Å². The smallest absolute Gasteiger partial charge is 0.222 e. The molecule has 0 saturated carbocycles. The number of hydrogen-bond donors (Lipinski definition) is 3. The number of nitrogens with two attached hydrogens (primary N) is 1. The van der Waals surface area contributed by atoms with Crippen LogP contribution in [0.15, 0.2) is 24.4 Å². The number of rotatable bonds is 29. The number of ether oxygens (including phenoxy) is 1. The molecular weight excluding hydrogens is 677 g/mol. The number of nitrogens with zero attached hydrogens (tertiary/aromatic N) is 5. The average Bonchev–Trinajstić information content (AvgIpc) is 3.55. The zero-order valence-electron chi connectivity index (χ0n) is 33.8. The second-order valence-corrected chi connectivity index (χ2v) is 15.3. The van der Waals surface area contributed by atoms with Gasteiger partial charge < -0.3 is 26.0 Å². The topological polar surface area (TPSA) is 140 Å². The van der Waals surface area contributed by atoms with Crippen LogP contribution in [0.1, 0.15) is 166 Å². The summed E-state index contributed by atoms with van der Waals surface area (Å²) < 4.78 is 7.63. The number of nitrogen functional groups attached to an aromatic ring is 1. The number of carbonyl (C=O) groups is 2. The molecule has 0 aliphatic carbocycles. The van der Waals surface area contributed by atoms with Crippen molar-refractivity contribution < 1.29 is 14.3 Å². The molecule has 3 heterocycles. The van der Waals surface area contributed by atoms with E-state index >= 15 is 0 Å². The van der Waals surface area contributed by atoms with Gasteiger partial charge in [0.15, 0.2) is 11.3 Å². The van der Waals surface area contributed by atoms with Crippen LogP contribution in [0.2, 0.25) is 0 Å². The Balaban J connectivity index is 1.03. The van der Waals surface area contributed by atoms with E-state index in [4.69, 9.17) is 15.6 Å². The Bertz CT molecular complexity index is 1540. The number of methoxy groups -OCH3 is 1. The van der Waals surface area contributed by atoms with Gasteiger partial charge in [0.2, 0.25) is 17.8 Å². The van der Waals surface area contributed by atoms with Gasteiger partial charge in [0.05, 0.1) is 19.9 Å². The van der Waals surface area contributed by atoms with Crippen LogP contribution < -0.4 is 21.1 Å². The average molecular weight is 747 g/mol. The quantitative estimate of drug-likeness (QED) is 0.0598. The summed E-state index contributed by atoms with van der Waals surface area (Å²) in [5.74, 6) is 2.30. The number of fused-ring (bicyclic) bond motifs is 1. The van der Waals surface area contributed by atoms with Crippen molar-refractivity contribution in [1.29, 1.82) is 0 Å². The third kappa shape index (κ3) is 14.7. The Morgan fingerprint density at radius 1 is 0.796 bits per heavy atom. The van der Waals surface area contributed by atoms with E-state index in [0.717, 1.165) is 69.5 Å². The highest BCUT2D eigenvalue weighted by Gasteiger charge is 2.31. The maximum Gasteiger partial charge on any atom is 0.222 e. The SMILES string of the molecule is CCCCCCCCCCCCCCCCCC(=O)NCCCCC(=O)N1CC(c2ccc(Cn3cc4nc(N)nc(NCCCC)c4n3)c(OC)c2)C1. The fourth-order valence-electron chi connectivity index (χ4n) is 7.31. The van der Waals surface area contributed by atoms with Gasteiger partial charge in [-0.2, -0.15) is 10.1 Å². The summed E-state index contributed by atoms with van der Waals surface area (Å²) >= 11 is 0. The predicted octanol–water partition coefficient (Wildman–Crippen LogP) is 9.15. The van der Waals surface area contributed by atoms with Crippen molar-refractivity contribution >= 4 is 34.6 Å². The summed E-state index contributed by atoms with van der Waals surface area (Å²) in [7, 11) is 1.68. The molecule has 1 saturated heterocycles. The highest BCUT2D eigenvalue weighted by Crippen LogP contribution is 2.32. The molecule has 1 fully saturated rings. The van der Waals surface area contributed by atoms with Gasteiger partial charge in [0.1, 0.15) is 11.3 Å². The lowest BCUT2D eigenvalue weighted by molar-refractivity contribution is -0.135. The van der Waals surface area contributed by atoms with Crippen LogP contribution in [0.25, 0.3) is 11.0 Å². The van der Waals surface area contributed by atoms with Gasteiger partial charge in [-0.25, -0.2) is 4.98 Å². The number of benzene rings is 1. The fraction of sp³-hybridized carbons (Fsp3) is 0.698. The first-order valence-electron chi connectivity index (χ1n) is 21.4. The van der Waals surface area contributed by atoms with Crippen LogP contribution in [-0.2, 0) is 16.1 Å². The minimum atomic E-state index is 0.143. The second kappa shape index (κ2) is 24.5. The first-order chi connectivity index (χ1) is 26.4. The molecule has 1 aliphatic heterocycles. The first-order valence-corrected chi connectivity index (χ1v) is 21.4. The standard InChI is InChI=1S/C43H70N8O3/c1-4-6-8-9-10-11-12-13-14-15-16-17-18-19-20-23-39(52)45-28-22-21-24-40(53)50-30-36(31-50)34-25-26-35(38(29-34)54-3)32-51-33-37-41(49-51)42(46-27-7-5-2)48-43(44)47-37/h25-26,29,33,36H,4-24,27-28,30-32H2,1-3H3,(H,45,52)(H3,44,46,47,48). The van der Waals surface area contributed by atoms with Gasteiger partial charge >= 0.3 is 0 Å². The van der Waals surface area contributed by atoms with Gasteiger partial charge in [0, 0.05) is 50.5 Å². The van der Waals surface area contributed by atoms with Crippen molar-refractivity contribution in [2.75, 3.05) is 44.3 Å². The molecular formula is C43H70N8O3. The summed E-state index contributed by atoms with van der Waals surface area (Å²) in [6.07, 6.45) is 26.7. The van der Waals surface area contributed by atoms with E-state index in [1.165, 1.54) is 89.0 Å². The van der Waals surface area contributed by atoms with Gasteiger partial charge in [0.25, 0.3) is 0 Å². The molecule has 11 heteroatoms. The Morgan fingerprint density at radius 3 is 2.07 bits per heavy atom. The van der Waals surface area contributed by atoms with Gasteiger partial charge in [-0.15, -0.1) is 0 Å². The van der Waals surface area contributed by atoms with Crippen molar-refractivity contribution in [3.05, 3.63) is 35.5 Å². The van der Waals surface area contributed by atoms with Crippen molar-refractivity contribution in [3.8, 4) is 5.75 Å². The van der Waals surface area contributed by atoms with Gasteiger partial charge in [-0.3, -0.25) is 14.3 Å². The highest BCUT2D eigenvalue weighted by molar-refractivity contribution is 5.85. The van der Waals surface area contributed by atoms with Crippen LogP contribution in [0.5, 0.6) is 5.75 Å². The third-order valence-electron chi connectivity index (χ3n) is 10.7. The second-order valence-electron chi connectivity index (χ2n) is 15.3. The largest absolute Gasteiger partial charge is 0.496 e. The van der Waals surface area contributed by atoms with Crippen LogP contribution >= 0.6 is 0 Å². The van der Waals surface area contributed by atoms with E-state index in [2.05, 4.69) is 52.6 Å². The Hall–Kier alpha value is -3.89. The number of unbranched alkanes of at least 4 members (excludes halogenated alkanes) is 16. The number of anilines is 2. The lowest BCUT2D eigenvalue weighted by atomic mass is 9.90. The van der Waals surface area contributed by atoms with E-state index in [9.17, 15) is 9.59 Å². The van der Waals surface area contributed by atoms with E-state index in [1.807, 2.05) is 15.8 Å². The number of carbonyl (C=O) groups excluding carboxylic acids is 2. The molecule has 1 aliphatic rings. The maximum absolute atomic E-state index is 12.8. The molecule has 0 radical (unpaired) electrons. The zero-order chi connectivity index (χ0) is 38.4. The third-order valence-corrected chi connectivity index (χ3v) is 10.7. The van der Waals surface area contributed by atoms with Crippen molar-refractivity contribution in [1.82, 2.24) is 30.0 Å². The maximum atomic E-state index is 12.8. The van der Waals surface area contributed by atoms with Crippen molar-refractivity contribution in [3.63, 3.8) is 0 Å². The van der Waals surface area contributed by atoms with Crippen LogP contribution in [0.4, 0.5) is 11.8 Å². The summed E-state index contributed by atoms with van der Waals surface area (Å²) in [4.78, 5) is 35.8. The molecule has 54 heavy (non-hydrogen) atoms. The van der Waals surface area contributed by atoms with E-state index in [-0.39, 0.29) is 23.7 Å². The summed E-state index contributed by atoms with van der Waals surface area (Å²) in [5.41, 5.74) is 9.54. The van der Waals surface area contributed by atoms with Crippen LogP contribution in [0.3, 0.4) is 0 Å². The number of amides is 2. The lowest BCUT2D eigenvalue weighted by Gasteiger charge is -2.40. The minimum absolute atomic E-state index is 0.143. The summed E-state index contributed by atoms with van der Waals surface area (Å²) in [5, 5.41) is 11.1. The minimum Gasteiger partial charge on any atom is -0.496 e. The number of nitrogens with one attached hydrogen (secondary N) is 2. The van der Waals surface area contributed by atoms with E-state index < -0.39 is 0 Å². The van der Waals surface area contributed by atoms with E-state index in [1.54, 1.807) is 7.11 Å².